The Morgan fingerprint density at radius 2 is 2.03 bits per heavy atom. The second kappa shape index (κ2) is 8.99. The first kappa shape index (κ1) is 21.1. The molecule has 0 spiro atoms. The van der Waals surface area contributed by atoms with Crippen LogP contribution in [0.5, 0.6) is 5.75 Å². The number of pyridine rings is 1. The number of aromatic amines is 1. The Morgan fingerprint density at radius 3 is 2.76 bits per heavy atom. The second-order valence-corrected chi connectivity index (χ2v) is 8.04. The first-order valence-electron chi connectivity index (χ1n) is 10.7. The minimum atomic E-state index is -0.673. The zero-order valence-corrected chi connectivity index (χ0v) is 18.1. The number of alkyl halides is 1. The Bertz CT molecular complexity index is 1290. The minimum Gasteiger partial charge on any atom is -0.485 e. The number of nitrogens with one attached hydrogen (secondary N) is 1. The summed E-state index contributed by atoms with van der Waals surface area (Å²) in [5.41, 5.74) is 4.23. The maximum absolute atomic E-state index is 13.3. The van der Waals surface area contributed by atoms with E-state index in [0.717, 1.165) is 16.7 Å². The molecule has 3 heterocycles. The molecule has 1 saturated heterocycles. The Balaban J connectivity index is 1.42. The van der Waals surface area contributed by atoms with E-state index in [1.54, 1.807) is 30.4 Å². The molecule has 1 aliphatic rings. The van der Waals surface area contributed by atoms with Crippen LogP contribution in [0.2, 0.25) is 0 Å². The number of H-pyrrole nitrogens is 1. The van der Waals surface area contributed by atoms with Crippen molar-refractivity contribution in [2.75, 3.05) is 20.3 Å². The normalized spacial score (nSPS) is 13.6. The largest absolute Gasteiger partial charge is 0.485 e. The third kappa shape index (κ3) is 4.17. The zero-order valence-electron chi connectivity index (χ0n) is 18.1. The van der Waals surface area contributed by atoms with Crippen molar-refractivity contribution in [3.05, 3.63) is 77.7 Å². The smallest absolute Gasteiger partial charge is 0.254 e. The number of nitrogens with zero attached hydrogens (tertiary/aromatic N) is 3. The third-order valence-electron chi connectivity index (χ3n) is 5.74. The number of hydrogen-bond donors (Lipinski definition) is 1. The Morgan fingerprint density at radius 1 is 1.21 bits per heavy atom. The topological polar surface area (TPSA) is 80.3 Å². The fourth-order valence-corrected chi connectivity index (χ4v) is 3.88. The fraction of sp³-hybridized carbons (Fsp3) is 0.240. The molecule has 0 bridgehead atoms. The Labute approximate surface area is 190 Å². The molecule has 2 aromatic carbocycles. The molecule has 33 heavy (non-hydrogen) atoms. The predicted molar refractivity (Wildman–Crippen MR) is 122 cm³/mol. The average molecular weight is 446 g/mol. The van der Waals surface area contributed by atoms with Crippen molar-refractivity contribution in [3.63, 3.8) is 0 Å². The van der Waals surface area contributed by atoms with Crippen LogP contribution in [0.25, 0.3) is 22.0 Å². The van der Waals surface area contributed by atoms with Gasteiger partial charge in [-0.05, 0) is 23.8 Å². The first-order chi connectivity index (χ1) is 16.1. The summed E-state index contributed by atoms with van der Waals surface area (Å²) in [6.07, 6.45) is 3.12. The van der Waals surface area contributed by atoms with Crippen LogP contribution in [0.15, 0.2) is 60.9 Å². The number of ether oxygens (including phenoxy) is 2. The van der Waals surface area contributed by atoms with Crippen LogP contribution < -0.4 is 4.74 Å². The van der Waals surface area contributed by atoms with Gasteiger partial charge in [0.05, 0.1) is 30.6 Å². The molecular weight excluding hydrogens is 423 g/mol. The Hall–Kier alpha value is -3.78. The van der Waals surface area contributed by atoms with Gasteiger partial charge in [0.25, 0.3) is 5.91 Å². The van der Waals surface area contributed by atoms with Crippen molar-refractivity contribution in [1.82, 2.24) is 20.1 Å². The molecule has 1 aliphatic heterocycles. The summed E-state index contributed by atoms with van der Waals surface area (Å²) in [6.45, 7) is 0.695. The average Bonchev–Trinajstić information content (AvgIpc) is 3.32. The van der Waals surface area contributed by atoms with Gasteiger partial charge in [-0.2, -0.15) is 5.10 Å². The summed E-state index contributed by atoms with van der Waals surface area (Å²) in [7, 11) is 1.72. The monoisotopic (exact) mass is 446 g/mol. The Kier molecular flexibility index (Phi) is 5.75. The highest BCUT2D eigenvalue weighted by atomic mass is 19.1. The number of hydrogen-bond acceptors (Lipinski definition) is 5. The summed E-state index contributed by atoms with van der Waals surface area (Å²) >= 11 is 0. The molecule has 0 unspecified atom stereocenters. The predicted octanol–water partition coefficient (Wildman–Crippen LogP) is 4.14. The van der Waals surface area contributed by atoms with E-state index in [4.69, 9.17) is 9.47 Å². The van der Waals surface area contributed by atoms with E-state index in [-0.39, 0.29) is 12.0 Å². The molecule has 5 rings (SSSR count). The summed E-state index contributed by atoms with van der Waals surface area (Å²) < 4.78 is 24.6. The van der Waals surface area contributed by atoms with Crippen LogP contribution in [0, 0.1) is 0 Å². The van der Waals surface area contributed by atoms with E-state index in [1.165, 1.54) is 0 Å². The lowest BCUT2D eigenvalue weighted by atomic mass is 10.0. The van der Waals surface area contributed by atoms with E-state index >= 15 is 0 Å². The highest BCUT2D eigenvalue weighted by molar-refractivity contribution is 5.96. The number of carbonyl (C=O) groups excluding carboxylic acids is 1. The molecule has 0 aliphatic carbocycles. The van der Waals surface area contributed by atoms with E-state index in [2.05, 4.69) is 15.2 Å². The van der Waals surface area contributed by atoms with Crippen LogP contribution >= 0.6 is 0 Å². The first-order valence-corrected chi connectivity index (χ1v) is 10.7. The molecule has 2 aromatic heterocycles. The highest BCUT2D eigenvalue weighted by Crippen LogP contribution is 2.33. The molecule has 0 radical (unpaired) electrons. The molecule has 1 fully saturated rings. The lowest BCUT2D eigenvalue weighted by molar-refractivity contribution is -0.0794. The van der Waals surface area contributed by atoms with Gasteiger partial charge in [-0.1, -0.05) is 30.3 Å². The lowest BCUT2D eigenvalue weighted by Gasteiger charge is -2.28. The zero-order chi connectivity index (χ0) is 22.8. The summed E-state index contributed by atoms with van der Waals surface area (Å²) in [5.74, 6) is 0.491. The molecular formula is C25H23FN4O3. The quantitative estimate of drug-likeness (QED) is 0.461. The van der Waals surface area contributed by atoms with E-state index in [0.29, 0.717) is 47.7 Å². The fourth-order valence-electron chi connectivity index (χ4n) is 3.88. The van der Waals surface area contributed by atoms with Gasteiger partial charge in [-0.3, -0.25) is 14.9 Å². The van der Waals surface area contributed by atoms with Gasteiger partial charge in [0.1, 0.15) is 18.5 Å². The van der Waals surface area contributed by atoms with Crippen LogP contribution in [0.4, 0.5) is 4.39 Å². The van der Waals surface area contributed by atoms with Gasteiger partial charge in [-0.15, -0.1) is 0 Å². The number of amides is 1. The number of fused-ring (bicyclic) bond motifs is 1. The van der Waals surface area contributed by atoms with Gasteiger partial charge < -0.3 is 14.4 Å². The van der Waals surface area contributed by atoms with Gasteiger partial charge in [0.2, 0.25) is 0 Å². The second-order valence-electron chi connectivity index (χ2n) is 8.04. The van der Waals surface area contributed by atoms with Crippen molar-refractivity contribution in [2.45, 2.75) is 19.3 Å². The third-order valence-corrected chi connectivity index (χ3v) is 5.74. The van der Waals surface area contributed by atoms with Crippen LogP contribution in [-0.2, 0) is 18.0 Å². The van der Waals surface area contributed by atoms with Crippen LogP contribution in [-0.4, -0.2) is 52.4 Å². The lowest BCUT2D eigenvalue weighted by Crippen LogP contribution is -2.38. The van der Waals surface area contributed by atoms with E-state index in [1.807, 2.05) is 42.5 Å². The van der Waals surface area contributed by atoms with Gasteiger partial charge >= 0.3 is 0 Å². The summed E-state index contributed by atoms with van der Waals surface area (Å²) in [6, 6.07) is 15.4. The molecule has 168 valence electrons. The highest BCUT2D eigenvalue weighted by Gasteiger charge is 2.23. The standard InChI is InChI=1S/C25H23FN4O3/c1-30(13-18-11-27-22(10-26)21-12-28-29-24(18)21)25(31)17-7-8-20(16-5-3-2-4-6-16)23(9-17)33-19-14-32-15-19/h2-9,11-12,19H,10,13-15H2,1H3,(H,28,29). The maximum atomic E-state index is 13.3. The number of halogens is 1. The van der Waals surface area contributed by atoms with Crippen LogP contribution in [0.1, 0.15) is 21.6 Å². The molecule has 4 aromatic rings. The van der Waals surface area contributed by atoms with Crippen molar-refractivity contribution in [3.8, 4) is 16.9 Å². The molecule has 1 N–H and O–H groups in total. The molecule has 7 nitrogen and oxygen atoms in total. The molecule has 0 saturated carbocycles. The van der Waals surface area contributed by atoms with E-state index in [9.17, 15) is 9.18 Å². The summed E-state index contributed by atoms with van der Waals surface area (Å²) in [4.78, 5) is 19.0. The number of benzene rings is 2. The molecule has 1 amide bonds. The van der Waals surface area contributed by atoms with Crippen molar-refractivity contribution in [1.29, 1.82) is 0 Å². The number of carbonyl (C=O) groups is 1. The molecule has 8 heteroatoms. The van der Waals surface area contributed by atoms with Gasteiger partial charge in [0, 0.05) is 41.9 Å². The van der Waals surface area contributed by atoms with E-state index < -0.39 is 6.67 Å². The van der Waals surface area contributed by atoms with Crippen molar-refractivity contribution >= 4 is 16.8 Å². The van der Waals surface area contributed by atoms with Gasteiger partial charge in [0.15, 0.2) is 0 Å². The SMILES string of the molecule is CN(Cc1cnc(CF)c2cn[nH]c12)C(=O)c1ccc(-c2ccccc2)c(OC2COC2)c1. The maximum Gasteiger partial charge on any atom is 0.254 e. The van der Waals surface area contributed by atoms with Crippen molar-refractivity contribution in [2.24, 2.45) is 0 Å². The number of rotatable bonds is 7. The van der Waals surface area contributed by atoms with Crippen molar-refractivity contribution < 1.29 is 18.7 Å². The van der Waals surface area contributed by atoms with Gasteiger partial charge in [-0.25, -0.2) is 4.39 Å². The molecule has 0 atom stereocenters. The summed E-state index contributed by atoms with van der Waals surface area (Å²) in [5, 5.41) is 7.53. The minimum absolute atomic E-state index is 0.0238. The number of aromatic nitrogens is 3. The van der Waals surface area contributed by atoms with Crippen LogP contribution in [0.3, 0.4) is 0 Å².